The van der Waals surface area contributed by atoms with Crippen LogP contribution in [0.3, 0.4) is 0 Å². The molecule has 1 aliphatic rings. The van der Waals surface area contributed by atoms with Crippen molar-refractivity contribution in [2.45, 2.75) is 48.4 Å². The Bertz CT molecular complexity index is 606. The number of halogens is 1. The molecule has 1 aromatic heterocycles. The zero-order valence-corrected chi connectivity index (χ0v) is 14.0. The van der Waals surface area contributed by atoms with Gasteiger partial charge in [0.2, 0.25) is 0 Å². The Hall–Kier alpha value is -0.870. The summed E-state index contributed by atoms with van der Waals surface area (Å²) >= 11 is 5.19. The molecular weight excluding hydrogens is 332 g/mol. The van der Waals surface area contributed by atoms with E-state index in [2.05, 4.69) is 64.0 Å². The second-order valence-electron chi connectivity index (χ2n) is 5.49. The van der Waals surface area contributed by atoms with Crippen molar-refractivity contribution < 1.29 is 0 Å². The number of hydrogen-bond donors (Lipinski definition) is 0. The van der Waals surface area contributed by atoms with E-state index >= 15 is 0 Å². The fraction of sp³-hybridized carbons (Fsp3) is 0.375. The van der Waals surface area contributed by atoms with Crippen LogP contribution in [0.15, 0.2) is 44.9 Å². The van der Waals surface area contributed by atoms with E-state index in [-0.39, 0.29) is 0 Å². The molecule has 1 heterocycles. The van der Waals surface area contributed by atoms with Crippen molar-refractivity contribution >= 4 is 27.7 Å². The fourth-order valence-electron chi connectivity index (χ4n) is 2.03. The van der Waals surface area contributed by atoms with E-state index in [1.54, 1.807) is 11.8 Å². The third kappa shape index (κ3) is 3.41. The highest BCUT2D eigenvalue weighted by molar-refractivity contribution is 9.10. The number of aromatic nitrogens is 2. The minimum absolute atomic E-state index is 0.573. The van der Waals surface area contributed by atoms with Gasteiger partial charge in [0.1, 0.15) is 15.5 Å². The standard InChI is InChI=1S/C16H17BrN2S/c1-10(2)11-5-7-13(8-6-11)20-15-9-14(17)18-16(19-15)12-3-4-12/h5-10,12H,3-4H2,1-2H3. The van der Waals surface area contributed by atoms with Crippen molar-refractivity contribution in [1.82, 2.24) is 9.97 Å². The molecule has 0 spiro atoms. The fourth-order valence-corrected chi connectivity index (χ4v) is 3.41. The number of hydrogen-bond acceptors (Lipinski definition) is 3. The van der Waals surface area contributed by atoms with Crippen LogP contribution in [0.2, 0.25) is 0 Å². The molecule has 1 aliphatic carbocycles. The molecule has 3 rings (SSSR count). The van der Waals surface area contributed by atoms with Crippen molar-refractivity contribution in [3.05, 3.63) is 46.3 Å². The van der Waals surface area contributed by atoms with Gasteiger partial charge < -0.3 is 0 Å². The topological polar surface area (TPSA) is 25.8 Å². The first kappa shape index (κ1) is 14.1. The Balaban J connectivity index is 1.79. The summed E-state index contributed by atoms with van der Waals surface area (Å²) in [5, 5.41) is 1.02. The highest BCUT2D eigenvalue weighted by Gasteiger charge is 2.27. The molecule has 0 bridgehead atoms. The number of rotatable bonds is 4. The molecule has 0 saturated heterocycles. The van der Waals surface area contributed by atoms with Crippen molar-refractivity contribution in [2.75, 3.05) is 0 Å². The lowest BCUT2D eigenvalue weighted by Gasteiger charge is -2.07. The molecule has 2 aromatic rings. The molecule has 0 amide bonds. The first-order valence-electron chi connectivity index (χ1n) is 6.94. The zero-order valence-electron chi connectivity index (χ0n) is 11.6. The molecule has 104 valence electrons. The lowest BCUT2D eigenvalue weighted by atomic mass is 10.0. The van der Waals surface area contributed by atoms with Crippen LogP contribution in [0.25, 0.3) is 0 Å². The molecule has 0 atom stereocenters. The number of nitrogens with zero attached hydrogens (tertiary/aromatic N) is 2. The highest BCUT2D eigenvalue weighted by Crippen LogP contribution is 2.39. The summed E-state index contributed by atoms with van der Waals surface area (Å²) < 4.78 is 0.885. The van der Waals surface area contributed by atoms with E-state index in [1.165, 1.54) is 23.3 Å². The van der Waals surface area contributed by atoms with E-state index in [1.807, 2.05) is 6.07 Å². The van der Waals surface area contributed by atoms with Crippen molar-refractivity contribution in [1.29, 1.82) is 0 Å². The predicted molar refractivity (Wildman–Crippen MR) is 86.4 cm³/mol. The van der Waals surface area contributed by atoms with Crippen molar-refractivity contribution in [2.24, 2.45) is 0 Å². The van der Waals surface area contributed by atoms with Gasteiger partial charge in [0.25, 0.3) is 0 Å². The normalized spacial score (nSPS) is 14.8. The lowest BCUT2D eigenvalue weighted by Crippen LogP contribution is -1.94. The molecule has 4 heteroatoms. The Morgan fingerprint density at radius 3 is 2.45 bits per heavy atom. The second kappa shape index (κ2) is 5.86. The quantitative estimate of drug-likeness (QED) is 0.692. The maximum atomic E-state index is 4.67. The van der Waals surface area contributed by atoms with Crippen LogP contribution in [0.5, 0.6) is 0 Å². The van der Waals surface area contributed by atoms with Crippen LogP contribution in [-0.2, 0) is 0 Å². The minimum Gasteiger partial charge on any atom is -0.226 e. The summed E-state index contributed by atoms with van der Waals surface area (Å²) in [6.07, 6.45) is 2.45. The molecule has 1 fully saturated rings. The van der Waals surface area contributed by atoms with E-state index in [4.69, 9.17) is 0 Å². The molecule has 20 heavy (non-hydrogen) atoms. The molecule has 0 N–H and O–H groups in total. The van der Waals surface area contributed by atoms with Gasteiger partial charge in [-0.05, 0) is 52.4 Å². The van der Waals surface area contributed by atoms with Crippen molar-refractivity contribution in [3.63, 3.8) is 0 Å². The van der Waals surface area contributed by atoms with Crippen LogP contribution in [0.4, 0.5) is 0 Å². The van der Waals surface area contributed by atoms with E-state index in [0.29, 0.717) is 11.8 Å². The lowest BCUT2D eigenvalue weighted by molar-refractivity contribution is 0.862. The highest BCUT2D eigenvalue weighted by atomic mass is 79.9. The Morgan fingerprint density at radius 1 is 1.15 bits per heavy atom. The largest absolute Gasteiger partial charge is 0.226 e. The van der Waals surface area contributed by atoms with Gasteiger partial charge in [0.15, 0.2) is 0 Å². The van der Waals surface area contributed by atoms with Gasteiger partial charge in [-0.1, -0.05) is 37.7 Å². The van der Waals surface area contributed by atoms with Crippen LogP contribution >= 0.6 is 27.7 Å². The van der Waals surface area contributed by atoms with E-state index in [9.17, 15) is 0 Å². The smallest absolute Gasteiger partial charge is 0.134 e. The SMILES string of the molecule is CC(C)c1ccc(Sc2cc(Br)nc(C3CC3)n2)cc1. The molecular formula is C16H17BrN2S. The number of benzene rings is 1. The average molecular weight is 349 g/mol. The Labute approximate surface area is 132 Å². The van der Waals surface area contributed by atoms with E-state index < -0.39 is 0 Å². The second-order valence-corrected chi connectivity index (χ2v) is 7.39. The predicted octanol–water partition coefficient (Wildman–Crippen LogP) is 5.39. The molecule has 1 aromatic carbocycles. The van der Waals surface area contributed by atoms with Gasteiger partial charge in [0.05, 0.1) is 0 Å². The minimum atomic E-state index is 0.573. The summed E-state index contributed by atoms with van der Waals surface area (Å²) in [6, 6.07) is 10.7. The summed E-state index contributed by atoms with van der Waals surface area (Å²) in [5.74, 6) is 2.14. The first-order chi connectivity index (χ1) is 9.61. The molecule has 0 unspecified atom stereocenters. The van der Waals surface area contributed by atoms with Gasteiger partial charge in [-0.15, -0.1) is 0 Å². The average Bonchev–Trinajstić information content (AvgIpc) is 3.23. The summed E-state index contributed by atoms with van der Waals surface area (Å²) in [6.45, 7) is 4.43. The third-order valence-electron chi connectivity index (χ3n) is 3.40. The Morgan fingerprint density at radius 2 is 1.85 bits per heavy atom. The third-order valence-corrected chi connectivity index (χ3v) is 4.73. The van der Waals surface area contributed by atoms with Gasteiger partial charge in [-0.25, -0.2) is 9.97 Å². The molecule has 0 radical (unpaired) electrons. The van der Waals surface area contributed by atoms with Gasteiger partial charge in [0, 0.05) is 16.9 Å². The summed E-state index contributed by atoms with van der Waals surface area (Å²) in [5.41, 5.74) is 1.37. The van der Waals surface area contributed by atoms with Gasteiger partial charge in [-0.3, -0.25) is 0 Å². The van der Waals surface area contributed by atoms with Gasteiger partial charge in [-0.2, -0.15) is 0 Å². The maximum absolute atomic E-state index is 4.67. The van der Waals surface area contributed by atoms with Crippen LogP contribution in [0, 0.1) is 0 Å². The van der Waals surface area contributed by atoms with Crippen molar-refractivity contribution in [3.8, 4) is 0 Å². The molecule has 2 nitrogen and oxygen atoms in total. The zero-order chi connectivity index (χ0) is 14.1. The monoisotopic (exact) mass is 348 g/mol. The van der Waals surface area contributed by atoms with Crippen LogP contribution in [-0.4, -0.2) is 9.97 Å². The first-order valence-corrected chi connectivity index (χ1v) is 8.55. The molecule has 1 saturated carbocycles. The maximum Gasteiger partial charge on any atom is 0.134 e. The Kier molecular flexibility index (Phi) is 4.13. The summed E-state index contributed by atoms with van der Waals surface area (Å²) in [7, 11) is 0. The van der Waals surface area contributed by atoms with Gasteiger partial charge >= 0.3 is 0 Å². The van der Waals surface area contributed by atoms with E-state index in [0.717, 1.165) is 15.5 Å². The molecule has 0 aliphatic heterocycles. The van der Waals surface area contributed by atoms with Crippen LogP contribution < -0.4 is 0 Å². The van der Waals surface area contributed by atoms with Crippen LogP contribution in [0.1, 0.15) is 49.9 Å². The summed E-state index contributed by atoms with van der Waals surface area (Å²) in [4.78, 5) is 10.4.